The molecule has 1 atom stereocenters. The maximum Gasteiger partial charge on any atom is 0.131 e. The molecule has 1 unspecified atom stereocenters. The Balaban J connectivity index is 2.20. The van der Waals surface area contributed by atoms with Crippen LogP contribution < -0.4 is 10.2 Å². The molecular weight excluding hydrogens is 228 g/mol. The molecule has 1 aromatic rings. The van der Waals surface area contributed by atoms with E-state index in [0.29, 0.717) is 5.92 Å². The monoisotopic (exact) mass is 252 g/mol. The average Bonchev–Trinajstić information content (AvgIpc) is 2.91. The van der Waals surface area contributed by atoms with Gasteiger partial charge >= 0.3 is 0 Å². The van der Waals surface area contributed by atoms with Gasteiger partial charge < -0.3 is 15.3 Å². The second-order valence-electron chi connectivity index (χ2n) is 5.07. The summed E-state index contributed by atoms with van der Waals surface area (Å²) in [6.45, 7) is 8.26. The quantitative estimate of drug-likeness (QED) is 0.808. The van der Waals surface area contributed by atoms with Crippen molar-refractivity contribution in [3.8, 4) is 0 Å². The van der Waals surface area contributed by atoms with E-state index in [4.69, 9.17) is 0 Å². The molecule has 18 heavy (non-hydrogen) atoms. The minimum atomic E-state index is 0.288. The van der Waals surface area contributed by atoms with Crippen LogP contribution in [0.25, 0.3) is 0 Å². The minimum Gasteiger partial charge on any atom is -0.396 e. The van der Waals surface area contributed by atoms with Gasteiger partial charge in [-0.2, -0.15) is 5.10 Å². The number of nitrogens with zero attached hydrogens (tertiary/aromatic N) is 3. The van der Waals surface area contributed by atoms with Gasteiger partial charge in [0.1, 0.15) is 5.82 Å². The first-order chi connectivity index (χ1) is 8.67. The summed E-state index contributed by atoms with van der Waals surface area (Å²) in [6, 6.07) is 0. The number of aromatic nitrogens is 2. The number of rotatable bonds is 5. The van der Waals surface area contributed by atoms with Gasteiger partial charge in [0.2, 0.25) is 0 Å². The van der Waals surface area contributed by atoms with Crippen molar-refractivity contribution in [2.75, 3.05) is 31.1 Å². The lowest BCUT2D eigenvalue weighted by atomic mass is 10.1. The van der Waals surface area contributed by atoms with E-state index in [2.05, 4.69) is 29.2 Å². The molecule has 0 amide bonds. The van der Waals surface area contributed by atoms with Crippen molar-refractivity contribution in [1.82, 2.24) is 15.1 Å². The van der Waals surface area contributed by atoms with Crippen LogP contribution in [-0.2, 0) is 13.6 Å². The molecule has 102 valence electrons. The molecule has 1 fully saturated rings. The third-order valence-electron chi connectivity index (χ3n) is 3.71. The Morgan fingerprint density at radius 1 is 1.50 bits per heavy atom. The zero-order chi connectivity index (χ0) is 13.1. The van der Waals surface area contributed by atoms with Gasteiger partial charge in [-0.05, 0) is 19.9 Å². The highest BCUT2D eigenvalue weighted by atomic mass is 16.3. The van der Waals surface area contributed by atoms with E-state index in [0.717, 1.165) is 38.3 Å². The molecule has 1 aliphatic rings. The lowest BCUT2D eigenvalue weighted by molar-refractivity contribution is 0.238. The second-order valence-corrected chi connectivity index (χ2v) is 5.07. The Kier molecular flexibility index (Phi) is 4.24. The molecule has 5 nitrogen and oxygen atoms in total. The average molecular weight is 252 g/mol. The van der Waals surface area contributed by atoms with Crippen LogP contribution in [0.2, 0.25) is 0 Å². The van der Waals surface area contributed by atoms with E-state index in [1.54, 1.807) is 0 Å². The summed E-state index contributed by atoms with van der Waals surface area (Å²) in [5, 5.41) is 17.2. The predicted molar refractivity (Wildman–Crippen MR) is 72.7 cm³/mol. The number of aliphatic hydroxyl groups excluding tert-OH is 1. The van der Waals surface area contributed by atoms with E-state index >= 15 is 0 Å². The zero-order valence-corrected chi connectivity index (χ0v) is 11.6. The van der Waals surface area contributed by atoms with Crippen molar-refractivity contribution < 1.29 is 5.11 Å². The predicted octanol–water partition coefficient (Wildman–Crippen LogP) is 0.657. The first-order valence-corrected chi connectivity index (χ1v) is 6.76. The maximum atomic E-state index is 9.25. The number of aryl methyl sites for hydroxylation is 2. The normalized spacial score (nSPS) is 19.8. The molecule has 2 heterocycles. The Bertz CT molecular complexity index is 402. The van der Waals surface area contributed by atoms with Gasteiger partial charge in [-0.25, -0.2) is 0 Å². The fourth-order valence-corrected chi connectivity index (χ4v) is 2.72. The van der Waals surface area contributed by atoms with Crippen LogP contribution in [0.15, 0.2) is 0 Å². The highest BCUT2D eigenvalue weighted by Gasteiger charge is 2.26. The molecule has 5 heteroatoms. The van der Waals surface area contributed by atoms with Crippen molar-refractivity contribution in [3.05, 3.63) is 11.3 Å². The molecule has 0 aliphatic carbocycles. The molecule has 0 radical (unpaired) electrons. The summed E-state index contributed by atoms with van der Waals surface area (Å²) in [7, 11) is 2.00. The molecular formula is C13H24N4O. The molecule has 0 saturated carbocycles. The molecule has 2 rings (SSSR count). The summed E-state index contributed by atoms with van der Waals surface area (Å²) in [6.07, 6.45) is 1.07. The molecule has 1 aliphatic heterocycles. The van der Waals surface area contributed by atoms with Crippen LogP contribution in [0.5, 0.6) is 0 Å². The van der Waals surface area contributed by atoms with Gasteiger partial charge in [0.25, 0.3) is 0 Å². The standard InChI is InChI=1S/C13H24N4O/c1-4-14-7-12-10(2)15-16(3)13(12)17-6-5-11(8-17)9-18/h11,14,18H,4-9H2,1-3H3. The van der Waals surface area contributed by atoms with Crippen molar-refractivity contribution in [1.29, 1.82) is 0 Å². The van der Waals surface area contributed by atoms with E-state index < -0.39 is 0 Å². The molecule has 2 N–H and O–H groups in total. The Morgan fingerprint density at radius 3 is 2.89 bits per heavy atom. The molecule has 1 aromatic heterocycles. The fourth-order valence-electron chi connectivity index (χ4n) is 2.72. The topological polar surface area (TPSA) is 53.3 Å². The van der Waals surface area contributed by atoms with Gasteiger partial charge in [0.15, 0.2) is 0 Å². The highest BCUT2D eigenvalue weighted by Crippen LogP contribution is 2.28. The van der Waals surface area contributed by atoms with Crippen molar-refractivity contribution in [2.45, 2.75) is 26.8 Å². The van der Waals surface area contributed by atoms with Crippen LogP contribution in [0.3, 0.4) is 0 Å². The summed E-state index contributed by atoms with van der Waals surface area (Å²) in [4.78, 5) is 2.35. The van der Waals surface area contributed by atoms with Crippen molar-refractivity contribution in [2.24, 2.45) is 13.0 Å². The third-order valence-corrected chi connectivity index (χ3v) is 3.71. The largest absolute Gasteiger partial charge is 0.396 e. The van der Waals surface area contributed by atoms with Gasteiger partial charge in [0, 0.05) is 44.8 Å². The highest BCUT2D eigenvalue weighted by molar-refractivity contribution is 5.51. The Hall–Kier alpha value is -1.07. The second kappa shape index (κ2) is 5.71. The number of anilines is 1. The summed E-state index contributed by atoms with van der Waals surface area (Å²) in [5.41, 5.74) is 2.39. The van der Waals surface area contributed by atoms with Crippen LogP contribution in [0.1, 0.15) is 24.6 Å². The van der Waals surface area contributed by atoms with Crippen LogP contribution in [0, 0.1) is 12.8 Å². The van der Waals surface area contributed by atoms with E-state index in [1.165, 1.54) is 11.4 Å². The SMILES string of the molecule is CCNCc1c(C)nn(C)c1N1CCC(CO)C1. The summed E-state index contributed by atoms with van der Waals surface area (Å²) >= 11 is 0. The van der Waals surface area contributed by atoms with Gasteiger partial charge in [0.05, 0.1) is 5.69 Å². The Morgan fingerprint density at radius 2 is 2.28 bits per heavy atom. The number of hydrogen-bond acceptors (Lipinski definition) is 4. The molecule has 0 spiro atoms. The summed E-state index contributed by atoms with van der Waals surface area (Å²) < 4.78 is 1.97. The van der Waals surface area contributed by atoms with E-state index in [1.807, 2.05) is 11.7 Å². The summed E-state index contributed by atoms with van der Waals surface area (Å²) in [5.74, 6) is 1.62. The van der Waals surface area contributed by atoms with Crippen LogP contribution in [-0.4, -0.2) is 41.1 Å². The van der Waals surface area contributed by atoms with E-state index in [9.17, 15) is 5.11 Å². The van der Waals surface area contributed by atoms with Crippen molar-refractivity contribution in [3.63, 3.8) is 0 Å². The number of hydrogen-bond donors (Lipinski definition) is 2. The van der Waals surface area contributed by atoms with Gasteiger partial charge in [-0.1, -0.05) is 6.92 Å². The smallest absolute Gasteiger partial charge is 0.131 e. The Labute approximate surface area is 109 Å². The lowest BCUT2D eigenvalue weighted by Crippen LogP contribution is -2.25. The van der Waals surface area contributed by atoms with Gasteiger partial charge in [-0.3, -0.25) is 4.68 Å². The lowest BCUT2D eigenvalue weighted by Gasteiger charge is -2.20. The maximum absolute atomic E-state index is 9.25. The van der Waals surface area contributed by atoms with Crippen LogP contribution in [0.4, 0.5) is 5.82 Å². The van der Waals surface area contributed by atoms with Crippen molar-refractivity contribution >= 4 is 5.82 Å². The first-order valence-electron chi connectivity index (χ1n) is 6.76. The molecule has 1 saturated heterocycles. The van der Waals surface area contributed by atoms with Gasteiger partial charge in [-0.15, -0.1) is 0 Å². The number of nitrogens with one attached hydrogen (secondary N) is 1. The first kappa shape index (κ1) is 13.4. The van der Waals surface area contributed by atoms with E-state index in [-0.39, 0.29) is 6.61 Å². The van der Waals surface area contributed by atoms with Crippen LogP contribution >= 0.6 is 0 Å². The minimum absolute atomic E-state index is 0.288. The molecule has 0 aromatic carbocycles. The third kappa shape index (κ3) is 2.52. The fraction of sp³-hybridized carbons (Fsp3) is 0.769. The number of aliphatic hydroxyl groups is 1. The zero-order valence-electron chi connectivity index (χ0n) is 11.6. The molecule has 0 bridgehead atoms.